The van der Waals surface area contributed by atoms with Crippen LogP contribution in [0.15, 0.2) is 30.5 Å². The number of rotatable bonds is 0. The van der Waals surface area contributed by atoms with Crippen molar-refractivity contribution < 1.29 is 14.5 Å². The minimum Gasteiger partial charge on any atom is -0.823 e. The Balaban J connectivity index is 2.71. The Morgan fingerprint density at radius 2 is 2.18 bits per heavy atom. The first kappa shape index (κ1) is 6.09. The average molecular weight is 147 g/mol. The van der Waals surface area contributed by atoms with Crippen molar-refractivity contribution in [2.24, 2.45) is 0 Å². The van der Waals surface area contributed by atoms with E-state index in [1.54, 1.807) is 24.4 Å². The van der Waals surface area contributed by atoms with Gasteiger partial charge in [-0.1, -0.05) is 0 Å². The fraction of sp³-hybridized carbons (Fsp3) is 0. The summed E-state index contributed by atoms with van der Waals surface area (Å²) in [6.07, 6.45) is 2.68. The molecule has 2 rings (SSSR count). The van der Waals surface area contributed by atoms with Crippen molar-refractivity contribution in [1.82, 2.24) is 0 Å². The third-order valence-electron chi connectivity index (χ3n) is 1.60. The zero-order valence-corrected chi connectivity index (χ0v) is 5.65. The molecular weight excluding hydrogens is 142 g/mol. The van der Waals surface area contributed by atoms with Gasteiger partial charge in [0.1, 0.15) is 0 Å². The lowest BCUT2D eigenvalue weighted by atomic mass is 10.3. The molecule has 1 aromatic heterocycles. The van der Waals surface area contributed by atoms with Crippen LogP contribution < -0.4 is 9.67 Å². The van der Waals surface area contributed by atoms with E-state index >= 15 is 0 Å². The normalized spacial score (nSPS) is 14.5. The molecule has 0 saturated heterocycles. The summed E-state index contributed by atoms with van der Waals surface area (Å²) in [5.41, 5.74) is 0.442. The third-order valence-corrected chi connectivity index (χ3v) is 1.60. The molecule has 1 aromatic rings. The van der Waals surface area contributed by atoms with Gasteiger partial charge < -0.3 is 5.11 Å². The second kappa shape index (κ2) is 1.92. The van der Waals surface area contributed by atoms with Crippen LogP contribution >= 0.6 is 0 Å². The van der Waals surface area contributed by atoms with Gasteiger partial charge in [-0.15, -0.1) is 0 Å². The Kier molecular flexibility index (Phi) is 1.06. The Labute approximate surface area is 63.2 Å². The molecule has 0 spiro atoms. The number of allylic oxidation sites excluding steroid dienone is 1. The molecule has 0 unspecified atom stereocenters. The number of hydrogen-bond acceptors (Lipinski definition) is 2. The molecule has 3 nitrogen and oxygen atoms in total. The minimum atomic E-state index is -0.259. The Morgan fingerprint density at radius 1 is 1.36 bits per heavy atom. The first-order valence-electron chi connectivity index (χ1n) is 3.23. The Hall–Kier alpha value is -1.64. The van der Waals surface area contributed by atoms with Crippen LogP contribution in [0.2, 0.25) is 0 Å². The lowest BCUT2D eigenvalue weighted by molar-refractivity contribution is -0.650. The van der Waals surface area contributed by atoms with E-state index < -0.39 is 0 Å². The Bertz CT molecular complexity index is 355. The highest BCUT2D eigenvalue weighted by molar-refractivity contribution is 6.05. The van der Waals surface area contributed by atoms with E-state index in [1.165, 1.54) is 4.57 Å². The summed E-state index contributed by atoms with van der Waals surface area (Å²) >= 11 is 0. The number of hydrogen-bond donors (Lipinski definition) is 0. The predicted molar refractivity (Wildman–Crippen MR) is 35.2 cm³/mol. The Morgan fingerprint density at radius 3 is 2.91 bits per heavy atom. The highest BCUT2D eigenvalue weighted by atomic mass is 16.3. The summed E-state index contributed by atoms with van der Waals surface area (Å²) < 4.78 is 1.34. The summed E-state index contributed by atoms with van der Waals surface area (Å²) in [6, 6.07) is 5.08. The van der Waals surface area contributed by atoms with Crippen LogP contribution in [0.25, 0.3) is 5.88 Å². The number of aromatic nitrogens is 1. The predicted octanol–water partition coefficient (Wildman–Crippen LogP) is -0.671. The molecule has 0 radical (unpaired) electrons. The molecule has 2 heterocycles. The summed E-state index contributed by atoms with van der Waals surface area (Å²) in [7, 11) is 0. The fourth-order valence-electron chi connectivity index (χ4n) is 1.09. The monoisotopic (exact) mass is 147 g/mol. The van der Waals surface area contributed by atoms with E-state index in [2.05, 4.69) is 0 Å². The van der Waals surface area contributed by atoms with Crippen LogP contribution in [0.5, 0.6) is 0 Å². The number of carbonyl (C=O) groups is 1. The first-order valence-corrected chi connectivity index (χ1v) is 3.23. The van der Waals surface area contributed by atoms with Crippen molar-refractivity contribution in [2.75, 3.05) is 0 Å². The van der Waals surface area contributed by atoms with Crippen LogP contribution in [-0.2, 0) is 0 Å². The van der Waals surface area contributed by atoms with Crippen molar-refractivity contribution in [1.29, 1.82) is 0 Å². The standard InChI is InChI=1S/C8H5NO2/c10-7-5-8(11)9-4-2-1-3-6(7)9/h1-5H. The number of carbonyl (C=O) groups excluding carboxylic acids is 1. The van der Waals surface area contributed by atoms with Crippen molar-refractivity contribution in [3.63, 3.8) is 0 Å². The quantitative estimate of drug-likeness (QED) is 0.457. The van der Waals surface area contributed by atoms with E-state index in [1.807, 2.05) is 0 Å². The van der Waals surface area contributed by atoms with E-state index in [0.717, 1.165) is 6.08 Å². The molecule has 1 aliphatic rings. The van der Waals surface area contributed by atoms with Gasteiger partial charge in [-0.3, -0.25) is 4.79 Å². The maximum atomic E-state index is 11.0. The van der Waals surface area contributed by atoms with Gasteiger partial charge in [0.05, 0.1) is 6.08 Å². The van der Waals surface area contributed by atoms with Gasteiger partial charge in [-0.2, -0.15) is 4.57 Å². The van der Waals surface area contributed by atoms with Crippen molar-refractivity contribution >= 4 is 11.7 Å². The van der Waals surface area contributed by atoms with E-state index in [4.69, 9.17) is 0 Å². The second-order valence-corrected chi connectivity index (χ2v) is 2.30. The molecule has 3 heteroatoms. The molecule has 0 bridgehead atoms. The second-order valence-electron chi connectivity index (χ2n) is 2.30. The molecule has 0 amide bonds. The van der Waals surface area contributed by atoms with Gasteiger partial charge in [0.2, 0.25) is 0 Å². The van der Waals surface area contributed by atoms with Gasteiger partial charge in [-0.05, 0) is 6.07 Å². The van der Waals surface area contributed by atoms with Crippen LogP contribution in [0.1, 0.15) is 10.5 Å². The fourth-order valence-corrected chi connectivity index (χ4v) is 1.09. The average Bonchev–Trinajstić information content (AvgIpc) is 2.30. The van der Waals surface area contributed by atoms with E-state index in [9.17, 15) is 9.90 Å². The van der Waals surface area contributed by atoms with Crippen LogP contribution in [-0.4, -0.2) is 5.78 Å². The van der Waals surface area contributed by atoms with E-state index in [-0.39, 0.29) is 11.7 Å². The molecule has 0 atom stereocenters. The molecule has 54 valence electrons. The lowest BCUT2D eigenvalue weighted by Gasteiger charge is -1.97. The number of nitrogens with zero attached hydrogens (tertiary/aromatic N) is 1. The first-order chi connectivity index (χ1) is 5.29. The third kappa shape index (κ3) is 0.741. The molecule has 0 N–H and O–H groups in total. The largest absolute Gasteiger partial charge is 0.823 e. The minimum absolute atomic E-state index is 0.212. The highest BCUT2D eigenvalue weighted by Gasteiger charge is 2.23. The van der Waals surface area contributed by atoms with Crippen molar-refractivity contribution in [3.05, 3.63) is 36.2 Å². The number of ketones is 1. The SMILES string of the molecule is O=C1C=C([O-])[n+]2ccccc21. The molecule has 1 aliphatic heterocycles. The van der Waals surface area contributed by atoms with E-state index in [0.29, 0.717) is 5.69 Å². The van der Waals surface area contributed by atoms with Crippen molar-refractivity contribution in [2.45, 2.75) is 0 Å². The highest BCUT2D eigenvalue weighted by Crippen LogP contribution is 2.03. The lowest BCUT2D eigenvalue weighted by Crippen LogP contribution is -2.38. The molecular formula is C8H5NO2. The number of pyridine rings is 1. The smallest absolute Gasteiger partial charge is 0.258 e. The van der Waals surface area contributed by atoms with Crippen LogP contribution in [0.4, 0.5) is 0 Å². The topological polar surface area (TPSA) is 44.0 Å². The van der Waals surface area contributed by atoms with Crippen LogP contribution in [0, 0.1) is 0 Å². The zero-order valence-electron chi connectivity index (χ0n) is 5.65. The zero-order chi connectivity index (χ0) is 7.84. The maximum absolute atomic E-state index is 11.0. The molecule has 11 heavy (non-hydrogen) atoms. The van der Waals surface area contributed by atoms with Crippen molar-refractivity contribution in [3.8, 4) is 0 Å². The number of fused-ring (bicyclic) bond motifs is 1. The molecule has 0 aromatic carbocycles. The van der Waals surface area contributed by atoms with Gasteiger partial charge in [-0.25, -0.2) is 0 Å². The van der Waals surface area contributed by atoms with Gasteiger partial charge in [0.25, 0.3) is 11.5 Å². The maximum Gasteiger partial charge on any atom is 0.258 e. The summed E-state index contributed by atoms with van der Waals surface area (Å²) in [5, 5.41) is 11.0. The van der Waals surface area contributed by atoms with Crippen LogP contribution in [0.3, 0.4) is 0 Å². The summed E-state index contributed by atoms with van der Waals surface area (Å²) in [5.74, 6) is -0.471. The van der Waals surface area contributed by atoms with Gasteiger partial charge in [0.15, 0.2) is 12.1 Å². The van der Waals surface area contributed by atoms with Gasteiger partial charge >= 0.3 is 0 Å². The molecule has 0 fully saturated rings. The van der Waals surface area contributed by atoms with Gasteiger partial charge in [0, 0.05) is 12.1 Å². The summed E-state index contributed by atoms with van der Waals surface area (Å²) in [6.45, 7) is 0. The molecule has 0 aliphatic carbocycles. The summed E-state index contributed by atoms with van der Waals surface area (Å²) in [4.78, 5) is 11.0. The molecule has 0 saturated carbocycles.